The summed E-state index contributed by atoms with van der Waals surface area (Å²) in [5, 5.41) is 10.7. The molecular weight excluding hydrogens is 318 g/mol. The minimum absolute atomic E-state index is 0.00880. The van der Waals surface area contributed by atoms with Gasteiger partial charge >= 0.3 is 6.18 Å². The molecule has 5 nitrogen and oxygen atoms in total. The van der Waals surface area contributed by atoms with Crippen LogP contribution in [0.5, 0.6) is 0 Å². The van der Waals surface area contributed by atoms with Gasteiger partial charge in [-0.15, -0.1) is 0 Å². The maximum Gasteiger partial charge on any atom is 0.416 e. The van der Waals surface area contributed by atoms with Crippen LogP contribution in [-0.2, 0) is 6.18 Å². The first-order valence-corrected chi connectivity index (χ1v) is 6.26. The number of imidazole rings is 1. The number of halogens is 4. The van der Waals surface area contributed by atoms with Crippen molar-refractivity contribution in [2.24, 2.45) is 0 Å². The maximum atomic E-state index is 13.4. The molecule has 0 saturated carbocycles. The Hall–Kier alpha value is -2.97. The van der Waals surface area contributed by atoms with Crippen LogP contribution in [0.1, 0.15) is 5.56 Å². The second-order valence-corrected chi connectivity index (χ2v) is 4.77. The van der Waals surface area contributed by atoms with Gasteiger partial charge in [0.1, 0.15) is 11.6 Å². The van der Waals surface area contributed by atoms with Crippen molar-refractivity contribution >= 4 is 16.7 Å². The Morgan fingerprint density at radius 2 is 1.87 bits per heavy atom. The standard InChI is InChI=1S/C14H7F4N3O2/c15-9-4-7(3-8(5-9)14(16,17)18)13-19-11-2-1-10(21(22)23)6-12(11)20-13/h1-6H,(H,19,20). The minimum atomic E-state index is -4.69. The van der Waals surface area contributed by atoms with Crippen molar-refractivity contribution in [3.63, 3.8) is 0 Å². The summed E-state index contributed by atoms with van der Waals surface area (Å²) in [5.41, 5.74) is -0.851. The predicted octanol–water partition coefficient (Wildman–Crippen LogP) is 4.30. The van der Waals surface area contributed by atoms with Gasteiger partial charge < -0.3 is 4.98 Å². The number of aromatic nitrogens is 2. The van der Waals surface area contributed by atoms with E-state index in [1.54, 1.807) is 0 Å². The molecule has 0 radical (unpaired) electrons. The van der Waals surface area contributed by atoms with Gasteiger partial charge in [-0.1, -0.05) is 0 Å². The smallest absolute Gasteiger partial charge is 0.338 e. The summed E-state index contributed by atoms with van der Waals surface area (Å²) in [6.45, 7) is 0. The second kappa shape index (κ2) is 5.04. The van der Waals surface area contributed by atoms with Crippen LogP contribution in [0.25, 0.3) is 22.4 Å². The van der Waals surface area contributed by atoms with Crippen LogP contribution in [-0.4, -0.2) is 14.9 Å². The van der Waals surface area contributed by atoms with Gasteiger partial charge in [-0.05, 0) is 24.3 Å². The monoisotopic (exact) mass is 325 g/mol. The number of alkyl halides is 3. The molecule has 0 aliphatic carbocycles. The number of hydrogen-bond donors (Lipinski definition) is 1. The molecule has 2 aromatic carbocycles. The van der Waals surface area contributed by atoms with Crippen molar-refractivity contribution in [3.8, 4) is 11.4 Å². The number of hydrogen-bond acceptors (Lipinski definition) is 3. The van der Waals surface area contributed by atoms with Crippen LogP contribution in [0.3, 0.4) is 0 Å². The summed E-state index contributed by atoms with van der Waals surface area (Å²) in [4.78, 5) is 16.8. The molecule has 0 aliphatic heterocycles. The van der Waals surface area contributed by atoms with Gasteiger partial charge in [0, 0.05) is 17.7 Å². The van der Waals surface area contributed by atoms with Gasteiger partial charge in [0.05, 0.1) is 21.5 Å². The first-order chi connectivity index (χ1) is 10.7. The van der Waals surface area contributed by atoms with Crippen LogP contribution < -0.4 is 0 Å². The first kappa shape index (κ1) is 14.9. The van der Waals surface area contributed by atoms with E-state index in [1.807, 2.05) is 0 Å². The highest BCUT2D eigenvalue weighted by Crippen LogP contribution is 2.33. The molecule has 0 saturated heterocycles. The van der Waals surface area contributed by atoms with E-state index in [4.69, 9.17) is 0 Å². The van der Waals surface area contributed by atoms with E-state index in [-0.39, 0.29) is 22.6 Å². The Balaban J connectivity index is 2.13. The molecule has 0 aliphatic rings. The number of non-ortho nitro benzene ring substituents is 1. The highest BCUT2D eigenvalue weighted by atomic mass is 19.4. The van der Waals surface area contributed by atoms with Gasteiger partial charge in [-0.25, -0.2) is 9.37 Å². The van der Waals surface area contributed by atoms with E-state index in [0.29, 0.717) is 11.6 Å². The molecule has 23 heavy (non-hydrogen) atoms. The zero-order chi connectivity index (χ0) is 16.8. The Morgan fingerprint density at radius 3 is 2.52 bits per heavy atom. The number of rotatable bonds is 2. The average Bonchev–Trinajstić information content (AvgIpc) is 2.88. The number of benzene rings is 2. The quantitative estimate of drug-likeness (QED) is 0.434. The zero-order valence-electron chi connectivity index (χ0n) is 11.2. The lowest BCUT2D eigenvalue weighted by atomic mass is 10.1. The van der Waals surface area contributed by atoms with Crippen LogP contribution in [0.2, 0.25) is 0 Å². The van der Waals surface area contributed by atoms with E-state index in [1.165, 1.54) is 18.2 Å². The van der Waals surface area contributed by atoms with Crippen molar-refractivity contribution in [2.75, 3.05) is 0 Å². The lowest BCUT2D eigenvalue weighted by Gasteiger charge is -2.08. The van der Waals surface area contributed by atoms with Gasteiger partial charge in [0.25, 0.3) is 5.69 Å². The fraction of sp³-hybridized carbons (Fsp3) is 0.0714. The SMILES string of the molecule is O=[N+]([O-])c1ccc2[nH]c(-c3cc(F)cc(C(F)(F)F)c3)nc2c1. The van der Waals surface area contributed by atoms with Gasteiger partial charge in [-0.2, -0.15) is 13.2 Å². The summed E-state index contributed by atoms with van der Waals surface area (Å²) < 4.78 is 51.7. The Labute approximate surface area is 125 Å². The first-order valence-electron chi connectivity index (χ1n) is 6.26. The molecule has 3 rings (SSSR count). The molecule has 118 valence electrons. The number of nitrogens with zero attached hydrogens (tertiary/aromatic N) is 2. The Morgan fingerprint density at radius 1 is 1.13 bits per heavy atom. The van der Waals surface area contributed by atoms with Gasteiger partial charge in [0.15, 0.2) is 0 Å². The molecule has 0 fully saturated rings. The van der Waals surface area contributed by atoms with Gasteiger partial charge in [0.2, 0.25) is 0 Å². The highest BCUT2D eigenvalue weighted by Gasteiger charge is 2.31. The minimum Gasteiger partial charge on any atom is -0.338 e. The Kier molecular flexibility index (Phi) is 3.28. The molecule has 0 amide bonds. The number of fused-ring (bicyclic) bond motifs is 1. The van der Waals surface area contributed by atoms with E-state index >= 15 is 0 Å². The molecule has 0 bridgehead atoms. The van der Waals surface area contributed by atoms with E-state index in [2.05, 4.69) is 9.97 Å². The van der Waals surface area contributed by atoms with Crippen molar-refractivity contribution in [1.82, 2.24) is 9.97 Å². The summed E-state index contributed by atoms with van der Waals surface area (Å²) in [5.74, 6) is -1.06. The Bertz CT molecular complexity index is 918. The lowest BCUT2D eigenvalue weighted by molar-refractivity contribution is -0.384. The normalized spacial score (nSPS) is 11.8. The van der Waals surface area contributed by atoms with Crippen LogP contribution in [0.15, 0.2) is 36.4 Å². The molecule has 1 N–H and O–H groups in total. The topological polar surface area (TPSA) is 71.8 Å². The molecule has 9 heteroatoms. The molecule has 1 heterocycles. The largest absolute Gasteiger partial charge is 0.416 e. The molecule has 0 spiro atoms. The maximum absolute atomic E-state index is 13.4. The van der Waals surface area contributed by atoms with Crippen LogP contribution in [0, 0.1) is 15.9 Å². The summed E-state index contributed by atoms with van der Waals surface area (Å²) >= 11 is 0. The number of nitrogens with one attached hydrogen (secondary N) is 1. The number of H-pyrrole nitrogens is 1. The predicted molar refractivity (Wildman–Crippen MR) is 73.1 cm³/mol. The molecule has 0 unspecified atom stereocenters. The number of nitro groups is 1. The number of aromatic amines is 1. The fourth-order valence-corrected chi connectivity index (χ4v) is 2.13. The molecule has 1 aromatic heterocycles. The van der Waals surface area contributed by atoms with Crippen molar-refractivity contribution in [1.29, 1.82) is 0 Å². The summed E-state index contributed by atoms with van der Waals surface area (Å²) in [6, 6.07) is 5.85. The molecular formula is C14H7F4N3O2. The summed E-state index contributed by atoms with van der Waals surface area (Å²) in [7, 11) is 0. The van der Waals surface area contributed by atoms with Crippen molar-refractivity contribution < 1.29 is 22.5 Å². The fourth-order valence-electron chi connectivity index (χ4n) is 2.13. The average molecular weight is 325 g/mol. The molecule has 0 atom stereocenters. The van der Waals surface area contributed by atoms with E-state index in [9.17, 15) is 27.7 Å². The van der Waals surface area contributed by atoms with Crippen LogP contribution in [0.4, 0.5) is 23.2 Å². The lowest BCUT2D eigenvalue weighted by Crippen LogP contribution is -2.05. The third-order valence-electron chi connectivity index (χ3n) is 3.18. The van der Waals surface area contributed by atoms with E-state index in [0.717, 1.165) is 12.1 Å². The number of nitro benzene ring substituents is 1. The highest BCUT2D eigenvalue weighted by molar-refractivity contribution is 5.81. The zero-order valence-corrected chi connectivity index (χ0v) is 11.2. The van der Waals surface area contributed by atoms with Crippen LogP contribution >= 0.6 is 0 Å². The van der Waals surface area contributed by atoms with Crippen molar-refractivity contribution in [3.05, 3.63) is 57.9 Å². The van der Waals surface area contributed by atoms with Gasteiger partial charge in [-0.3, -0.25) is 10.1 Å². The second-order valence-electron chi connectivity index (χ2n) is 4.77. The third-order valence-corrected chi connectivity index (χ3v) is 3.18. The van der Waals surface area contributed by atoms with Crippen molar-refractivity contribution in [2.45, 2.75) is 6.18 Å². The molecule has 3 aromatic rings. The van der Waals surface area contributed by atoms with E-state index < -0.39 is 22.5 Å². The third kappa shape index (κ3) is 2.85. The summed E-state index contributed by atoms with van der Waals surface area (Å²) in [6.07, 6.45) is -4.69.